The van der Waals surface area contributed by atoms with Gasteiger partial charge in [0.05, 0.1) is 11.0 Å². The van der Waals surface area contributed by atoms with E-state index in [9.17, 15) is 4.39 Å². The Kier molecular flexibility index (Phi) is 5.03. The van der Waals surface area contributed by atoms with Crippen molar-refractivity contribution in [3.63, 3.8) is 0 Å². The Labute approximate surface area is 125 Å². The predicted molar refractivity (Wildman–Crippen MR) is 82.9 cm³/mol. The van der Waals surface area contributed by atoms with Crippen LogP contribution in [0.25, 0.3) is 11.0 Å². The van der Waals surface area contributed by atoms with Crippen LogP contribution in [0.15, 0.2) is 18.2 Å². The fourth-order valence-electron chi connectivity index (χ4n) is 3.02. The summed E-state index contributed by atoms with van der Waals surface area (Å²) < 4.78 is 15.6. The van der Waals surface area contributed by atoms with Crippen molar-refractivity contribution in [2.75, 3.05) is 5.88 Å². The van der Waals surface area contributed by atoms with Crippen LogP contribution in [0.4, 0.5) is 4.39 Å². The standard InChI is InChI=1S/C16H22ClFN2/c1-4-12(5-2)11(3)20-15-7-6-13(18)10-14(15)19-16(20)8-9-17/h6-7,10-12H,4-5,8-9H2,1-3H3. The third-order valence-electron chi connectivity index (χ3n) is 4.18. The summed E-state index contributed by atoms with van der Waals surface area (Å²) in [6.45, 7) is 6.65. The molecule has 1 atom stereocenters. The second-order valence-electron chi connectivity index (χ2n) is 5.29. The second-order valence-corrected chi connectivity index (χ2v) is 5.67. The minimum absolute atomic E-state index is 0.241. The highest BCUT2D eigenvalue weighted by Crippen LogP contribution is 2.30. The Bertz CT molecular complexity index is 575. The molecule has 110 valence electrons. The number of hydrogen-bond acceptors (Lipinski definition) is 1. The normalized spacial score (nSPS) is 13.3. The van der Waals surface area contributed by atoms with Crippen molar-refractivity contribution in [3.8, 4) is 0 Å². The molecule has 0 amide bonds. The molecule has 0 N–H and O–H groups in total. The van der Waals surface area contributed by atoms with Gasteiger partial charge in [0, 0.05) is 24.4 Å². The van der Waals surface area contributed by atoms with Gasteiger partial charge in [-0.3, -0.25) is 0 Å². The maximum absolute atomic E-state index is 13.4. The van der Waals surface area contributed by atoms with Crippen LogP contribution in [0.2, 0.25) is 0 Å². The van der Waals surface area contributed by atoms with E-state index >= 15 is 0 Å². The molecule has 0 aliphatic carbocycles. The lowest BCUT2D eigenvalue weighted by atomic mass is 9.95. The highest BCUT2D eigenvalue weighted by molar-refractivity contribution is 6.17. The Morgan fingerprint density at radius 3 is 2.60 bits per heavy atom. The summed E-state index contributed by atoms with van der Waals surface area (Å²) in [5.74, 6) is 1.84. The van der Waals surface area contributed by atoms with Gasteiger partial charge in [0.1, 0.15) is 11.6 Å². The zero-order chi connectivity index (χ0) is 14.7. The first kappa shape index (κ1) is 15.3. The minimum atomic E-state index is -0.241. The van der Waals surface area contributed by atoms with E-state index < -0.39 is 0 Å². The number of rotatable bonds is 6. The van der Waals surface area contributed by atoms with Crippen molar-refractivity contribution in [2.45, 2.75) is 46.1 Å². The van der Waals surface area contributed by atoms with E-state index in [1.807, 2.05) is 6.07 Å². The van der Waals surface area contributed by atoms with Gasteiger partial charge in [-0.05, 0) is 25.0 Å². The summed E-state index contributed by atoms with van der Waals surface area (Å²) in [7, 11) is 0. The molecule has 0 spiro atoms. The van der Waals surface area contributed by atoms with Crippen molar-refractivity contribution in [1.29, 1.82) is 0 Å². The first-order valence-corrected chi connectivity index (χ1v) is 7.88. The lowest BCUT2D eigenvalue weighted by Gasteiger charge is -2.25. The largest absolute Gasteiger partial charge is 0.325 e. The topological polar surface area (TPSA) is 17.8 Å². The zero-order valence-corrected chi connectivity index (χ0v) is 13.1. The van der Waals surface area contributed by atoms with Gasteiger partial charge in [-0.2, -0.15) is 0 Å². The van der Waals surface area contributed by atoms with Gasteiger partial charge < -0.3 is 4.57 Å². The minimum Gasteiger partial charge on any atom is -0.325 e. The third-order valence-corrected chi connectivity index (χ3v) is 4.37. The maximum Gasteiger partial charge on any atom is 0.125 e. The lowest BCUT2D eigenvalue weighted by Crippen LogP contribution is -2.18. The quantitative estimate of drug-likeness (QED) is 0.689. The van der Waals surface area contributed by atoms with Crippen molar-refractivity contribution in [2.24, 2.45) is 5.92 Å². The smallest absolute Gasteiger partial charge is 0.125 e. The molecule has 0 aliphatic heterocycles. The van der Waals surface area contributed by atoms with Crippen LogP contribution in [-0.2, 0) is 6.42 Å². The molecular formula is C16H22ClFN2. The zero-order valence-electron chi connectivity index (χ0n) is 12.4. The van der Waals surface area contributed by atoms with Gasteiger partial charge >= 0.3 is 0 Å². The molecule has 0 saturated carbocycles. The molecule has 1 aromatic carbocycles. The van der Waals surface area contributed by atoms with Gasteiger partial charge in [0.15, 0.2) is 0 Å². The van der Waals surface area contributed by atoms with Gasteiger partial charge in [-0.1, -0.05) is 26.7 Å². The summed E-state index contributed by atoms with van der Waals surface area (Å²) in [6, 6.07) is 5.18. The molecule has 4 heteroatoms. The van der Waals surface area contributed by atoms with E-state index in [0.29, 0.717) is 24.3 Å². The van der Waals surface area contributed by atoms with Gasteiger partial charge in [0.2, 0.25) is 0 Å². The lowest BCUT2D eigenvalue weighted by molar-refractivity contribution is 0.333. The van der Waals surface area contributed by atoms with E-state index in [0.717, 1.165) is 29.7 Å². The predicted octanol–water partition coefficient (Wildman–Crippen LogP) is 4.95. The van der Waals surface area contributed by atoms with Crippen molar-refractivity contribution in [3.05, 3.63) is 29.8 Å². The molecular weight excluding hydrogens is 275 g/mol. The summed E-state index contributed by atoms with van der Waals surface area (Å²) in [6.07, 6.45) is 2.96. The summed E-state index contributed by atoms with van der Waals surface area (Å²) in [4.78, 5) is 4.57. The van der Waals surface area contributed by atoms with Gasteiger partial charge in [0.25, 0.3) is 0 Å². The number of halogens is 2. The van der Waals surface area contributed by atoms with E-state index in [4.69, 9.17) is 11.6 Å². The fraction of sp³-hybridized carbons (Fsp3) is 0.562. The molecule has 2 nitrogen and oxygen atoms in total. The second kappa shape index (κ2) is 6.57. The highest BCUT2D eigenvalue weighted by Gasteiger charge is 2.21. The van der Waals surface area contributed by atoms with Crippen molar-refractivity contribution >= 4 is 22.6 Å². The number of alkyl halides is 1. The van der Waals surface area contributed by atoms with Crippen molar-refractivity contribution in [1.82, 2.24) is 9.55 Å². The Morgan fingerprint density at radius 2 is 2.00 bits per heavy atom. The maximum atomic E-state index is 13.4. The summed E-state index contributed by atoms with van der Waals surface area (Å²) in [5.41, 5.74) is 1.73. The number of hydrogen-bond donors (Lipinski definition) is 0. The molecule has 1 unspecified atom stereocenters. The fourth-order valence-corrected chi connectivity index (χ4v) is 3.19. The van der Waals surface area contributed by atoms with Crippen LogP contribution >= 0.6 is 11.6 Å². The SMILES string of the molecule is CCC(CC)C(C)n1c(CCCl)nc2cc(F)ccc21. The van der Waals surface area contributed by atoms with E-state index in [-0.39, 0.29) is 5.82 Å². The highest BCUT2D eigenvalue weighted by atomic mass is 35.5. The Hall–Kier alpha value is -1.09. The molecule has 0 aliphatic rings. The Morgan fingerprint density at radius 1 is 1.30 bits per heavy atom. The summed E-state index contributed by atoms with van der Waals surface area (Å²) in [5, 5.41) is 0. The van der Waals surface area contributed by atoms with Crippen molar-refractivity contribution < 1.29 is 4.39 Å². The Balaban J connectivity index is 2.55. The van der Waals surface area contributed by atoms with Crippen LogP contribution < -0.4 is 0 Å². The first-order valence-electron chi connectivity index (χ1n) is 7.34. The molecule has 0 bridgehead atoms. The average molecular weight is 297 g/mol. The van der Waals surface area contributed by atoms with E-state index in [1.54, 1.807) is 0 Å². The van der Waals surface area contributed by atoms with Crippen LogP contribution in [0, 0.1) is 11.7 Å². The van der Waals surface area contributed by atoms with Crippen LogP contribution in [0.3, 0.4) is 0 Å². The molecule has 2 rings (SSSR count). The van der Waals surface area contributed by atoms with Gasteiger partial charge in [-0.15, -0.1) is 11.6 Å². The molecule has 1 aromatic heterocycles. The molecule has 1 heterocycles. The van der Waals surface area contributed by atoms with Gasteiger partial charge in [-0.25, -0.2) is 9.37 Å². The molecule has 0 saturated heterocycles. The molecule has 0 radical (unpaired) electrons. The average Bonchev–Trinajstić information content (AvgIpc) is 2.77. The molecule has 0 fully saturated rings. The number of nitrogens with zero attached hydrogens (tertiary/aromatic N) is 2. The number of aromatic nitrogens is 2. The number of fused-ring (bicyclic) bond motifs is 1. The summed E-state index contributed by atoms with van der Waals surface area (Å²) >= 11 is 5.89. The molecule has 20 heavy (non-hydrogen) atoms. The molecule has 2 aromatic rings. The monoisotopic (exact) mass is 296 g/mol. The van der Waals surface area contributed by atoms with Crippen LogP contribution in [0.1, 0.15) is 45.5 Å². The van der Waals surface area contributed by atoms with E-state index in [1.165, 1.54) is 12.1 Å². The number of imidazole rings is 1. The first-order chi connectivity index (χ1) is 9.62. The van der Waals surface area contributed by atoms with Crippen LogP contribution in [-0.4, -0.2) is 15.4 Å². The van der Waals surface area contributed by atoms with Crippen LogP contribution in [0.5, 0.6) is 0 Å². The third kappa shape index (κ3) is 2.83. The number of aryl methyl sites for hydroxylation is 1. The van der Waals surface area contributed by atoms with E-state index in [2.05, 4.69) is 30.3 Å². The number of benzene rings is 1.